The van der Waals surface area contributed by atoms with Gasteiger partial charge in [-0.1, -0.05) is 19.8 Å². The third kappa shape index (κ3) is 3.70. The van der Waals surface area contributed by atoms with Crippen LogP contribution in [0.15, 0.2) is 18.2 Å². The van der Waals surface area contributed by atoms with E-state index in [0.717, 1.165) is 18.4 Å². The van der Waals surface area contributed by atoms with E-state index in [2.05, 4.69) is 18.3 Å². The van der Waals surface area contributed by atoms with E-state index in [4.69, 9.17) is 0 Å². The Morgan fingerprint density at radius 1 is 1.37 bits per heavy atom. The van der Waals surface area contributed by atoms with Gasteiger partial charge in [0.1, 0.15) is 11.9 Å². The van der Waals surface area contributed by atoms with Crippen molar-refractivity contribution < 1.29 is 4.39 Å². The van der Waals surface area contributed by atoms with Gasteiger partial charge in [0.05, 0.1) is 6.07 Å². The van der Waals surface area contributed by atoms with Crippen molar-refractivity contribution in [3.8, 4) is 6.07 Å². The predicted molar refractivity (Wildman–Crippen MR) is 75.3 cm³/mol. The minimum Gasteiger partial charge on any atom is -0.370 e. The molecule has 0 amide bonds. The molecule has 2 nitrogen and oxygen atoms in total. The fraction of sp³-hybridized carbons (Fsp3) is 0.562. The standard InChI is InChI=1S/C16H21FN2/c1-11-4-3-5-13(6-11)16(10-18)19-15-8-12(2)7-14(17)9-15/h7-9,11,13,16,19H,3-6H2,1-2H3. The average molecular weight is 260 g/mol. The summed E-state index contributed by atoms with van der Waals surface area (Å²) in [5.74, 6) is 0.805. The summed E-state index contributed by atoms with van der Waals surface area (Å²) in [4.78, 5) is 0. The second-order valence-electron chi connectivity index (χ2n) is 5.80. The molecule has 0 saturated heterocycles. The minimum atomic E-state index is -0.254. The van der Waals surface area contributed by atoms with E-state index in [0.29, 0.717) is 17.5 Å². The van der Waals surface area contributed by atoms with Gasteiger partial charge in [-0.25, -0.2) is 4.39 Å². The summed E-state index contributed by atoms with van der Waals surface area (Å²) in [7, 11) is 0. The van der Waals surface area contributed by atoms with E-state index in [1.54, 1.807) is 0 Å². The van der Waals surface area contributed by atoms with E-state index in [9.17, 15) is 9.65 Å². The van der Waals surface area contributed by atoms with Gasteiger partial charge in [-0.15, -0.1) is 0 Å². The first kappa shape index (κ1) is 13.9. The van der Waals surface area contributed by atoms with Crippen LogP contribution in [0.25, 0.3) is 0 Å². The normalized spacial score (nSPS) is 24.5. The highest BCUT2D eigenvalue weighted by molar-refractivity contribution is 5.48. The van der Waals surface area contributed by atoms with Gasteiger partial charge in [0, 0.05) is 5.69 Å². The summed E-state index contributed by atoms with van der Waals surface area (Å²) < 4.78 is 13.4. The second kappa shape index (κ2) is 6.06. The zero-order valence-electron chi connectivity index (χ0n) is 11.6. The number of nitriles is 1. The Labute approximate surface area is 114 Å². The van der Waals surface area contributed by atoms with Crippen molar-refractivity contribution in [2.24, 2.45) is 11.8 Å². The molecule has 1 N–H and O–H groups in total. The number of nitrogens with one attached hydrogen (secondary N) is 1. The number of nitrogens with zero attached hydrogens (tertiary/aromatic N) is 1. The van der Waals surface area contributed by atoms with Crippen LogP contribution in [0.1, 0.15) is 38.2 Å². The van der Waals surface area contributed by atoms with Crippen LogP contribution in [0.5, 0.6) is 0 Å². The van der Waals surface area contributed by atoms with E-state index in [1.165, 1.54) is 25.0 Å². The molecule has 1 aromatic carbocycles. The fourth-order valence-corrected chi connectivity index (χ4v) is 3.04. The number of rotatable bonds is 3. The predicted octanol–water partition coefficient (Wildman–Crippen LogP) is 4.26. The van der Waals surface area contributed by atoms with Crippen molar-refractivity contribution in [1.82, 2.24) is 0 Å². The maximum absolute atomic E-state index is 13.4. The van der Waals surface area contributed by atoms with Crippen LogP contribution in [0, 0.1) is 35.9 Å². The largest absolute Gasteiger partial charge is 0.370 e. The summed E-state index contributed by atoms with van der Waals surface area (Å²) in [6.07, 6.45) is 4.62. The fourth-order valence-electron chi connectivity index (χ4n) is 3.04. The van der Waals surface area contributed by atoms with Crippen LogP contribution >= 0.6 is 0 Å². The van der Waals surface area contributed by atoms with E-state index in [1.807, 2.05) is 13.0 Å². The van der Waals surface area contributed by atoms with Crippen LogP contribution < -0.4 is 5.32 Å². The third-order valence-corrected chi connectivity index (χ3v) is 3.95. The molecule has 3 unspecified atom stereocenters. The number of aryl methyl sites for hydroxylation is 1. The monoisotopic (exact) mass is 260 g/mol. The topological polar surface area (TPSA) is 35.8 Å². The molecule has 19 heavy (non-hydrogen) atoms. The summed E-state index contributed by atoms with van der Waals surface area (Å²) in [5, 5.41) is 12.6. The van der Waals surface area contributed by atoms with Gasteiger partial charge in [-0.3, -0.25) is 0 Å². The Bertz CT molecular complexity index is 458. The van der Waals surface area contributed by atoms with Gasteiger partial charge < -0.3 is 5.32 Å². The first-order chi connectivity index (χ1) is 9.08. The highest BCUT2D eigenvalue weighted by Gasteiger charge is 2.26. The molecule has 0 heterocycles. The Hall–Kier alpha value is -1.56. The molecule has 1 aliphatic carbocycles. The Morgan fingerprint density at radius 3 is 2.79 bits per heavy atom. The van der Waals surface area contributed by atoms with Crippen LogP contribution in [0.2, 0.25) is 0 Å². The van der Waals surface area contributed by atoms with E-state index < -0.39 is 0 Å². The molecule has 3 atom stereocenters. The maximum atomic E-state index is 13.4. The highest BCUT2D eigenvalue weighted by atomic mass is 19.1. The Balaban J connectivity index is 2.08. The van der Waals surface area contributed by atoms with Crippen molar-refractivity contribution >= 4 is 5.69 Å². The van der Waals surface area contributed by atoms with Gasteiger partial charge in [0.15, 0.2) is 0 Å². The molecule has 2 rings (SSSR count). The summed E-state index contributed by atoms with van der Waals surface area (Å²) in [6.45, 7) is 4.10. The van der Waals surface area contributed by atoms with Crippen LogP contribution in [-0.4, -0.2) is 6.04 Å². The van der Waals surface area contributed by atoms with Crippen molar-refractivity contribution in [2.45, 2.75) is 45.6 Å². The zero-order valence-corrected chi connectivity index (χ0v) is 11.6. The molecule has 102 valence electrons. The Morgan fingerprint density at radius 2 is 2.16 bits per heavy atom. The number of halogens is 1. The number of benzene rings is 1. The lowest BCUT2D eigenvalue weighted by atomic mass is 9.79. The molecule has 3 heteroatoms. The molecule has 0 aliphatic heterocycles. The van der Waals surface area contributed by atoms with Crippen molar-refractivity contribution in [3.05, 3.63) is 29.6 Å². The summed E-state index contributed by atoms with van der Waals surface area (Å²) >= 11 is 0. The molecule has 0 radical (unpaired) electrons. The van der Waals surface area contributed by atoms with Gasteiger partial charge >= 0.3 is 0 Å². The average Bonchev–Trinajstić information content (AvgIpc) is 2.34. The van der Waals surface area contributed by atoms with Gasteiger partial charge in [-0.05, 0) is 55.4 Å². The number of hydrogen-bond acceptors (Lipinski definition) is 2. The lowest BCUT2D eigenvalue weighted by molar-refractivity contribution is 0.274. The lowest BCUT2D eigenvalue weighted by Gasteiger charge is -2.30. The number of anilines is 1. The van der Waals surface area contributed by atoms with Crippen LogP contribution in [0.4, 0.5) is 10.1 Å². The van der Waals surface area contributed by atoms with Crippen LogP contribution in [0.3, 0.4) is 0 Å². The van der Waals surface area contributed by atoms with Crippen molar-refractivity contribution in [1.29, 1.82) is 5.26 Å². The molecular formula is C16H21FN2. The molecule has 1 aliphatic rings. The molecule has 0 spiro atoms. The van der Waals surface area contributed by atoms with Gasteiger partial charge in [0.25, 0.3) is 0 Å². The second-order valence-corrected chi connectivity index (χ2v) is 5.80. The number of hydrogen-bond donors (Lipinski definition) is 1. The molecule has 0 aromatic heterocycles. The molecule has 1 saturated carbocycles. The SMILES string of the molecule is Cc1cc(F)cc(NC(C#N)C2CCCC(C)C2)c1. The van der Waals surface area contributed by atoms with Gasteiger partial charge in [-0.2, -0.15) is 5.26 Å². The maximum Gasteiger partial charge on any atom is 0.125 e. The molecule has 0 bridgehead atoms. The third-order valence-electron chi connectivity index (χ3n) is 3.95. The summed E-state index contributed by atoms with van der Waals surface area (Å²) in [6, 6.07) is 6.97. The first-order valence-corrected chi connectivity index (χ1v) is 7.02. The van der Waals surface area contributed by atoms with E-state index in [-0.39, 0.29) is 11.9 Å². The van der Waals surface area contributed by atoms with Crippen molar-refractivity contribution in [2.75, 3.05) is 5.32 Å². The molecular weight excluding hydrogens is 239 g/mol. The summed E-state index contributed by atoms with van der Waals surface area (Å²) in [5.41, 5.74) is 1.58. The molecule has 1 fully saturated rings. The van der Waals surface area contributed by atoms with E-state index >= 15 is 0 Å². The lowest BCUT2D eigenvalue weighted by Crippen LogP contribution is -2.31. The zero-order chi connectivity index (χ0) is 13.8. The Kier molecular flexibility index (Phi) is 4.42. The minimum absolute atomic E-state index is 0.219. The molecule has 1 aromatic rings. The van der Waals surface area contributed by atoms with Crippen LogP contribution in [-0.2, 0) is 0 Å². The quantitative estimate of drug-likeness (QED) is 0.881. The van der Waals surface area contributed by atoms with Gasteiger partial charge in [0.2, 0.25) is 0 Å². The highest BCUT2D eigenvalue weighted by Crippen LogP contribution is 2.32. The first-order valence-electron chi connectivity index (χ1n) is 7.02. The van der Waals surface area contributed by atoms with Crippen molar-refractivity contribution in [3.63, 3.8) is 0 Å². The smallest absolute Gasteiger partial charge is 0.125 e.